The van der Waals surface area contributed by atoms with E-state index in [-0.39, 0.29) is 5.91 Å². The number of carbonyl (C=O) groups excluding carboxylic acids is 1. The van der Waals surface area contributed by atoms with Gasteiger partial charge in [-0.2, -0.15) is 5.10 Å². The Kier molecular flexibility index (Phi) is 7.00. The molecular formula is C24H18Cl3N3O2. The first kappa shape index (κ1) is 22.2. The van der Waals surface area contributed by atoms with Crippen LogP contribution in [0.2, 0.25) is 15.1 Å². The van der Waals surface area contributed by atoms with Crippen molar-refractivity contribution in [3.63, 3.8) is 0 Å². The average molecular weight is 487 g/mol. The van der Waals surface area contributed by atoms with Crippen molar-refractivity contribution in [3.8, 4) is 5.75 Å². The van der Waals surface area contributed by atoms with E-state index < -0.39 is 0 Å². The first-order valence-electron chi connectivity index (χ1n) is 9.72. The molecule has 0 bridgehead atoms. The van der Waals surface area contributed by atoms with Crippen LogP contribution in [-0.4, -0.2) is 15.7 Å². The van der Waals surface area contributed by atoms with Gasteiger partial charge in [-0.05, 0) is 53.6 Å². The fourth-order valence-electron chi connectivity index (χ4n) is 3.01. The second-order valence-corrected chi connectivity index (χ2v) is 8.31. The summed E-state index contributed by atoms with van der Waals surface area (Å²) in [5, 5.41) is 8.95. The van der Waals surface area contributed by atoms with E-state index in [1.54, 1.807) is 53.3 Å². The van der Waals surface area contributed by atoms with Gasteiger partial charge >= 0.3 is 0 Å². The summed E-state index contributed by atoms with van der Waals surface area (Å²) in [6.07, 6.45) is 1.77. The van der Waals surface area contributed by atoms with Gasteiger partial charge in [0.2, 0.25) is 0 Å². The number of nitrogens with zero attached hydrogens (tertiary/aromatic N) is 2. The third-order valence-electron chi connectivity index (χ3n) is 4.65. The van der Waals surface area contributed by atoms with Gasteiger partial charge in [-0.3, -0.25) is 9.48 Å². The number of benzene rings is 3. The number of amides is 1. The lowest BCUT2D eigenvalue weighted by Gasteiger charge is -2.08. The van der Waals surface area contributed by atoms with Crippen molar-refractivity contribution >= 4 is 46.5 Å². The molecule has 0 aliphatic rings. The number of halogens is 3. The zero-order valence-electron chi connectivity index (χ0n) is 16.8. The van der Waals surface area contributed by atoms with Crippen LogP contribution in [0, 0.1) is 0 Å². The van der Waals surface area contributed by atoms with E-state index in [1.165, 1.54) is 0 Å². The Hall–Kier alpha value is -2.99. The lowest BCUT2D eigenvalue weighted by Crippen LogP contribution is -2.13. The van der Waals surface area contributed by atoms with Crippen molar-refractivity contribution in [1.82, 2.24) is 9.78 Å². The highest BCUT2D eigenvalue weighted by atomic mass is 35.5. The van der Waals surface area contributed by atoms with Gasteiger partial charge in [0, 0.05) is 32.9 Å². The molecule has 5 nitrogen and oxygen atoms in total. The van der Waals surface area contributed by atoms with Crippen LogP contribution in [0.4, 0.5) is 5.82 Å². The first-order valence-corrected chi connectivity index (χ1v) is 10.9. The number of hydrogen-bond acceptors (Lipinski definition) is 3. The summed E-state index contributed by atoms with van der Waals surface area (Å²) in [6, 6.07) is 21.4. The molecular weight excluding hydrogens is 469 g/mol. The molecule has 8 heteroatoms. The number of ether oxygens (including phenoxy) is 1. The Bertz CT molecular complexity index is 1240. The summed E-state index contributed by atoms with van der Waals surface area (Å²) < 4.78 is 7.42. The van der Waals surface area contributed by atoms with Crippen LogP contribution in [0.3, 0.4) is 0 Å². The van der Waals surface area contributed by atoms with Crippen molar-refractivity contribution < 1.29 is 9.53 Å². The minimum Gasteiger partial charge on any atom is -0.489 e. The minimum atomic E-state index is -0.248. The van der Waals surface area contributed by atoms with Crippen LogP contribution in [0.15, 0.2) is 79.0 Å². The molecule has 0 radical (unpaired) electrons. The van der Waals surface area contributed by atoms with Crippen LogP contribution < -0.4 is 10.1 Å². The van der Waals surface area contributed by atoms with Crippen LogP contribution in [-0.2, 0) is 13.2 Å². The minimum absolute atomic E-state index is 0.248. The maximum Gasteiger partial charge on any atom is 0.256 e. The van der Waals surface area contributed by atoms with Gasteiger partial charge in [0.15, 0.2) is 5.82 Å². The SMILES string of the molecule is O=C(Nc1ccn(Cc2ccc(Cl)cc2Cl)n1)c1ccc(COc2cccc(Cl)c2)cc1. The van der Waals surface area contributed by atoms with Crippen LogP contribution in [0.1, 0.15) is 21.5 Å². The molecule has 1 heterocycles. The molecule has 0 atom stereocenters. The van der Waals surface area contributed by atoms with Gasteiger partial charge in [0.1, 0.15) is 12.4 Å². The van der Waals surface area contributed by atoms with Crippen molar-refractivity contribution in [2.24, 2.45) is 0 Å². The summed E-state index contributed by atoms with van der Waals surface area (Å²) in [6.45, 7) is 0.840. The lowest BCUT2D eigenvalue weighted by atomic mass is 10.1. The molecule has 3 aromatic carbocycles. The van der Waals surface area contributed by atoms with E-state index in [2.05, 4.69) is 10.4 Å². The van der Waals surface area contributed by atoms with Gasteiger partial charge in [-0.15, -0.1) is 0 Å². The fourth-order valence-corrected chi connectivity index (χ4v) is 3.65. The van der Waals surface area contributed by atoms with Crippen molar-refractivity contribution in [3.05, 3.63) is 111 Å². The molecule has 0 unspecified atom stereocenters. The normalized spacial score (nSPS) is 10.7. The Morgan fingerprint density at radius 3 is 2.47 bits per heavy atom. The van der Waals surface area contributed by atoms with Crippen molar-refractivity contribution in [1.29, 1.82) is 0 Å². The third kappa shape index (κ3) is 5.82. The summed E-state index contributed by atoms with van der Waals surface area (Å²) in [4.78, 5) is 12.6. The molecule has 1 N–H and O–H groups in total. The molecule has 0 saturated heterocycles. The number of carbonyl (C=O) groups is 1. The highest BCUT2D eigenvalue weighted by Crippen LogP contribution is 2.22. The Balaban J connectivity index is 1.33. The van der Waals surface area contributed by atoms with E-state index in [0.29, 0.717) is 45.4 Å². The van der Waals surface area contributed by atoms with Crippen molar-refractivity contribution in [2.75, 3.05) is 5.32 Å². The van der Waals surface area contributed by atoms with Gasteiger partial charge < -0.3 is 10.1 Å². The number of hydrogen-bond donors (Lipinski definition) is 1. The predicted molar refractivity (Wildman–Crippen MR) is 128 cm³/mol. The predicted octanol–water partition coefficient (Wildman–Crippen LogP) is 6.72. The molecule has 0 fully saturated rings. The average Bonchev–Trinajstić information content (AvgIpc) is 3.21. The van der Waals surface area contributed by atoms with Gasteiger partial charge in [0.05, 0.1) is 6.54 Å². The number of anilines is 1. The molecule has 0 saturated carbocycles. The fraction of sp³-hybridized carbons (Fsp3) is 0.0833. The number of nitrogens with one attached hydrogen (secondary N) is 1. The number of aromatic nitrogens is 2. The Labute approximate surface area is 200 Å². The summed E-state index contributed by atoms with van der Waals surface area (Å²) in [7, 11) is 0. The molecule has 32 heavy (non-hydrogen) atoms. The second kappa shape index (κ2) is 10.1. The van der Waals surface area contributed by atoms with Gasteiger partial charge in [0.25, 0.3) is 5.91 Å². The largest absolute Gasteiger partial charge is 0.489 e. The highest BCUT2D eigenvalue weighted by molar-refractivity contribution is 6.35. The van der Waals surface area contributed by atoms with E-state index in [0.717, 1.165) is 11.1 Å². The molecule has 1 amide bonds. The van der Waals surface area contributed by atoms with Gasteiger partial charge in [-0.1, -0.05) is 59.1 Å². The first-order chi connectivity index (χ1) is 15.5. The van der Waals surface area contributed by atoms with Crippen LogP contribution in [0.5, 0.6) is 5.75 Å². The molecule has 0 aliphatic heterocycles. The monoisotopic (exact) mass is 485 g/mol. The van der Waals surface area contributed by atoms with Crippen LogP contribution >= 0.6 is 34.8 Å². The van der Waals surface area contributed by atoms with Gasteiger partial charge in [-0.25, -0.2) is 0 Å². The zero-order valence-corrected chi connectivity index (χ0v) is 19.0. The quantitative estimate of drug-likeness (QED) is 0.315. The van der Waals surface area contributed by atoms with E-state index in [1.807, 2.05) is 30.3 Å². The maximum absolute atomic E-state index is 12.6. The maximum atomic E-state index is 12.6. The second-order valence-electron chi connectivity index (χ2n) is 7.03. The Morgan fingerprint density at radius 1 is 0.938 bits per heavy atom. The summed E-state index contributed by atoms with van der Waals surface area (Å²) in [5.74, 6) is 0.894. The van der Waals surface area contributed by atoms with Crippen LogP contribution in [0.25, 0.3) is 0 Å². The molecule has 1 aromatic heterocycles. The molecule has 0 aliphatic carbocycles. The van der Waals surface area contributed by atoms with E-state index in [4.69, 9.17) is 39.5 Å². The third-order valence-corrected chi connectivity index (χ3v) is 5.47. The zero-order chi connectivity index (χ0) is 22.5. The lowest BCUT2D eigenvalue weighted by molar-refractivity contribution is 0.102. The highest BCUT2D eigenvalue weighted by Gasteiger charge is 2.10. The number of rotatable bonds is 7. The standard InChI is InChI=1S/C24H18Cl3N3O2/c25-19-2-1-3-21(12-19)32-15-16-4-6-17(7-5-16)24(31)28-23-10-11-30(29-23)14-18-8-9-20(26)13-22(18)27/h1-13H,14-15H2,(H,28,29,31). The topological polar surface area (TPSA) is 56.2 Å². The molecule has 4 aromatic rings. The smallest absolute Gasteiger partial charge is 0.256 e. The van der Waals surface area contributed by atoms with E-state index in [9.17, 15) is 4.79 Å². The Morgan fingerprint density at radius 2 is 1.72 bits per heavy atom. The van der Waals surface area contributed by atoms with E-state index >= 15 is 0 Å². The summed E-state index contributed by atoms with van der Waals surface area (Å²) in [5.41, 5.74) is 2.34. The summed E-state index contributed by atoms with van der Waals surface area (Å²) >= 11 is 18.1. The molecule has 162 valence electrons. The molecule has 0 spiro atoms. The molecule has 4 rings (SSSR count). The van der Waals surface area contributed by atoms with Crippen molar-refractivity contribution in [2.45, 2.75) is 13.2 Å².